The zero-order valence-electron chi connectivity index (χ0n) is 12.7. The van der Waals surface area contributed by atoms with Gasteiger partial charge in [-0.05, 0) is 62.6 Å². The van der Waals surface area contributed by atoms with Gasteiger partial charge in [-0.15, -0.1) is 0 Å². The molecule has 0 saturated carbocycles. The lowest BCUT2D eigenvalue weighted by Gasteiger charge is -2.17. The van der Waals surface area contributed by atoms with Crippen molar-refractivity contribution in [3.05, 3.63) is 34.9 Å². The Morgan fingerprint density at radius 1 is 1.29 bits per heavy atom. The maximum atomic E-state index is 11.6. The van der Waals surface area contributed by atoms with Gasteiger partial charge in [0.1, 0.15) is 5.75 Å². The Hall–Kier alpha value is -2.30. The summed E-state index contributed by atoms with van der Waals surface area (Å²) in [4.78, 5) is 22.1. The molecule has 0 aliphatic rings. The first-order chi connectivity index (χ1) is 9.85. The Kier molecular flexibility index (Phi) is 5.96. The van der Waals surface area contributed by atoms with Gasteiger partial charge in [0.25, 0.3) is 0 Å². The van der Waals surface area contributed by atoms with Gasteiger partial charge in [0, 0.05) is 6.08 Å². The summed E-state index contributed by atoms with van der Waals surface area (Å²) in [5.41, 5.74) is 2.43. The van der Waals surface area contributed by atoms with Gasteiger partial charge in [0.2, 0.25) is 0 Å². The lowest BCUT2D eigenvalue weighted by Crippen LogP contribution is -2.26. The van der Waals surface area contributed by atoms with E-state index in [0.717, 1.165) is 22.8 Å². The van der Waals surface area contributed by atoms with Crippen molar-refractivity contribution in [3.8, 4) is 5.75 Å². The molecule has 21 heavy (non-hydrogen) atoms. The number of aliphatic carboxylic acids is 1. The van der Waals surface area contributed by atoms with E-state index < -0.39 is 18.0 Å². The zero-order valence-corrected chi connectivity index (χ0v) is 12.7. The molecular formula is C16H20O5. The quantitative estimate of drug-likeness (QED) is 0.644. The van der Waals surface area contributed by atoms with Crippen LogP contribution in [0, 0.1) is 13.8 Å². The minimum atomic E-state index is -0.999. The largest absolute Gasteiger partial charge is 0.478 e. The average molecular weight is 292 g/mol. The van der Waals surface area contributed by atoms with E-state index in [2.05, 4.69) is 0 Å². The summed E-state index contributed by atoms with van der Waals surface area (Å²) in [5.74, 6) is -0.796. The highest BCUT2D eigenvalue weighted by Gasteiger charge is 2.18. The van der Waals surface area contributed by atoms with E-state index in [0.29, 0.717) is 12.4 Å². The van der Waals surface area contributed by atoms with Crippen LogP contribution in [0.1, 0.15) is 30.5 Å². The van der Waals surface area contributed by atoms with Crippen LogP contribution < -0.4 is 4.74 Å². The van der Waals surface area contributed by atoms with Crippen LogP contribution in [-0.2, 0) is 14.3 Å². The summed E-state index contributed by atoms with van der Waals surface area (Å²) in [5, 5.41) is 8.64. The third-order valence-electron chi connectivity index (χ3n) is 2.81. The molecule has 1 atom stereocenters. The van der Waals surface area contributed by atoms with Gasteiger partial charge in [0.15, 0.2) is 6.10 Å². The number of carbonyl (C=O) groups excluding carboxylic acids is 1. The molecule has 1 aromatic carbocycles. The molecule has 114 valence electrons. The van der Waals surface area contributed by atoms with Gasteiger partial charge in [-0.25, -0.2) is 9.59 Å². The third kappa shape index (κ3) is 4.95. The number of rotatable bonds is 6. The number of benzene rings is 1. The molecule has 0 aliphatic heterocycles. The standard InChI is InChI=1S/C16H20O5/c1-5-20-16(19)12(4)21-15-10(2)8-13(9-11(15)3)6-7-14(17)18/h6-9,12H,5H2,1-4H3,(H,17,18). The summed E-state index contributed by atoms with van der Waals surface area (Å²) >= 11 is 0. The smallest absolute Gasteiger partial charge is 0.347 e. The summed E-state index contributed by atoms with van der Waals surface area (Å²) < 4.78 is 10.6. The van der Waals surface area contributed by atoms with Crippen LogP contribution >= 0.6 is 0 Å². The number of esters is 1. The molecule has 0 saturated heterocycles. The maximum Gasteiger partial charge on any atom is 0.347 e. The first-order valence-electron chi connectivity index (χ1n) is 6.70. The summed E-state index contributed by atoms with van der Waals surface area (Å²) in [7, 11) is 0. The highest BCUT2D eigenvalue weighted by Crippen LogP contribution is 2.26. The molecule has 0 fully saturated rings. The minimum absolute atomic E-state index is 0.309. The number of carbonyl (C=O) groups is 2. The molecule has 0 bridgehead atoms. The average Bonchev–Trinajstić information content (AvgIpc) is 2.40. The van der Waals surface area contributed by atoms with Crippen molar-refractivity contribution in [2.75, 3.05) is 6.61 Å². The fourth-order valence-corrected chi connectivity index (χ4v) is 1.92. The lowest BCUT2D eigenvalue weighted by atomic mass is 10.1. The Balaban J connectivity index is 2.95. The second kappa shape index (κ2) is 7.47. The molecule has 0 heterocycles. The van der Waals surface area contributed by atoms with Gasteiger partial charge in [-0.1, -0.05) is 0 Å². The van der Waals surface area contributed by atoms with Crippen LogP contribution in [0.3, 0.4) is 0 Å². The number of hydrogen-bond acceptors (Lipinski definition) is 4. The third-order valence-corrected chi connectivity index (χ3v) is 2.81. The van der Waals surface area contributed by atoms with E-state index in [1.165, 1.54) is 6.08 Å². The van der Waals surface area contributed by atoms with Crippen molar-refractivity contribution in [1.29, 1.82) is 0 Å². The Bertz CT molecular complexity index is 537. The maximum absolute atomic E-state index is 11.6. The van der Waals surface area contributed by atoms with Gasteiger partial charge in [-0.2, -0.15) is 0 Å². The van der Waals surface area contributed by atoms with E-state index in [-0.39, 0.29) is 0 Å². The topological polar surface area (TPSA) is 72.8 Å². The Labute approximate surface area is 124 Å². The fraction of sp³-hybridized carbons (Fsp3) is 0.375. The van der Waals surface area contributed by atoms with Gasteiger partial charge in [-0.3, -0.25) is 0 Å². The molecule has 5 nitrogen and oxygen atoms in total. The Morgan fingerprint density at radius 2 is 1.86 bits per heavy atom. The first kappa shape index (κ1) is 16.8. The molecule has 0 radical (unpaired) electrons. The predicted octanol–water partition coefficient (Wildman–Crippen LogP) is 2.73. The number of ether oxygens (including phenoxy) is 2. The van der Waals surface area contributed by atoms with Crippen LogP contribution in [0.2, 0.25) is 0 Å². The number of carboxylic acids is 1. The van der Waals surface area contributed by atoms with E-state index in [1.807, 2.05) is 13.8 Å². The number of carboxylic acid groups (broad SMARTS) is 1. The molecule has 5 heteroatoms. The summed E-state index contributed by atoms with van der Waals surface area (Å²) in [6.07, 6.45) is 1.90. The molecule has 0 spiro atoms. The van der Waals surface area contributed by atoms with Gasteiger partial charge in [0.05, 0.1) is 6.61 Å². The van der Waals surface area contributed by atoms with Crippen LogP contribution in [0.4, 0.5) is 0 Å². The van der Waals surface area contributed by atoms with E-state index in [1.54, 1.807) is 26.0 Å². The number of hydrogen-bond donors (Lipinski definition) is 1. The summed E-state index contributed by atoms with van der Waals surface area (Å²) in [6.45, 7) is 7.37. The van der Waals surface area contributed by atoms with Crippen molar-refractivity contribution in [3.63, 3.8) is 0 Å². The summed E-state index contributed by atoms with van der Waals surface area (Å²) in [6, 6.07) is 3.61. The van der Waals surface area contributed by atoms with Crippen molar-refractivity contribution in [1.82, 2.24) is 0 Å². The van der Waals surface area contributed by atoms with E-state index in [9.17, 15) is 9.59 Å². The molecule has 1 N–H and O–H groups in total. The van der Waals surface area contributed by atoms with Crippen molar-refractivity contribution in [2.24, 2.45) is 0 Å². The molecule has 1 aromatic rings. The van der Waals surface area contributed by atoms with Crippen LogP contribution in [0.15, 0.2) is 18.2 Å². The highest BCUT2D eigenvalue weighted by atomic mass is 16.6. The molecule has 0 amide bonds. The molecule has 1 rings (SSSR count). The van der Waals surface area contributed by atoms with Gasteiger partial charge >= 0.3 is 11.9 Å². The van der Waals surface area contributed by atoms with Crippen LogP contribution in [0.5, 0.6) is 5.75 Å². The van der Waals surface area contributed by atoms with Crippen LogP contribution in [-0.4, -0.2) is 29.8 Å². The minimum Gasteiger partial charge on any atom is -0.478 e. The second-order valence-electron chi connectivity index (χ2n) is 4.67. The van der Waals surface area contributed by atoms with Crippen molar-refractivity contribution < 1.29 is 24.2 Å². The Morgan fingerprint density at radius 3 is 2.33 bits per heavy atom. The zero-order chi connectivity index (χ0) is 16.0. The molecule has 0 aliphatic carbocycles. The molecular weight excluding hydrogens is 272 g/mol. The highest BCUT2D eigenvalue weighted by molar-refractivity contribution is 5.85. The predicted molar refractivity (Wildman–Crippen MR) is 79.3 cm³/mol. The monoisotopic (exact) mass is 292 g/mol. The SMILES string of the molecule is CCOC(=O)C(C)Oc1c(C)cc(C=CC(=O)O)cc1C. The van der Waals surface area contributed by atoms with Gasteiger partial charge < -0.3 is 14.6 Å². The first-order valence-corrected chi connectivity index (χ1v) is 6.70. The van der Waals surface area contributed by atoms with E-state index >= 15 is 0 Å². The van der Waals surface area contributed by atoms with Crippen molar-refractivity contribution in [2.45, 2.75) is 33.8 Å². The normalized spacial score (nSPS) is 12.2. The number of aryl methyl sites for hydroxylation is 2. The molecule has 1 unspecified atom stereocenters. The second-order valence-corrected chi connectivity index (χ2v) is 4.67. The molecule has 0 aromatic heterocycles. The van der Waals surface area contributed by atoms with E-state index in [4.69, 9.17) is 14.6 Å². The van der Waals surface area contributed by atoms with Crippen LogP contribution in [0.25, 0.3) is 6.08 Å². The fourth-order valence-electron chi connectivity index (χ4n) is 1.92. The van der Waals surface area contributed by atoms with Crippen molar-refractivity contribution >= 4 is 18.0 Å². The lowest BCUT2D eigenvalue weighted by molar-refractivity contribution is -0.150.